The van der Waals surface area contributed by atoms with Crippen LogP contribution in [0.1, 0.15) is 34.1 Å². The van der Waals surface area contributed by atoms with Crippen LogP contribution in [0.4, 0.5) is 11.8 Å². The Morgan fingerprint density at radius 3 is 2.67 bits per heavy atom. The summed E-state index contributed by atoms with van der Waals surface area (Å²) in [5.41, 5.74) is -0.0105. The summed E-state index contributed by atoms with van der Waals surface area (Å²) in [5, 5.41) is 6.47. The fraction of sp³-hybridized carbons (Fsp3) is 0.636. The maximum Gasteiger partial charge on any atom is 0.224 e. The third-order valence-electron chi connectivity index (χ3n) is 1.70. The van der Waals surface area contributed by atoms with E-state index in [1.54, 1.807) is 6.20 Å². The third-order valence-corrected chi connectivity index (χ3v) is 1.70. The van der Waals surface area contributed by atoms with Gasteiger partial charge in [0.25, 0.3) is 0 Å². The molecule has 0 unspecified atom stereocenters. The summed E-state index contributed by atoms with van der Waals surface area (Å²) in [6, 6.07) is 1.88. The van der Waals surface area contributed by atoms with Gasteiger partial charge in [-0.1, -0.05) is 6.92 Å². The van der Waals surface area contributed by atoms with Crippen molar-refractivity contribution in [2.75, 3.05) is 17.2 Å². The van der Waals surface area contributed by atoms with Gasteiger partial charge in [0.2, 0.25) is 5.95 Å². The monoisotopic (exact) mass is 208 g/mol. The summed E-state index contributed by atoms with van der Waals surface area (Å²) in [5.74, 6) is 1.54. The Morgan fingerprint density at radius 1 is 1.33 bits per heavy atom. The van der Waals surface area contributed by atoms with Gasteiger partial charge in [-0.05, 0) is 33.3 Å². The first kappa shape index (κ1) is 11.8. The molecule has 1 aromatic heterocycles. The van der Waals surface area contributed by atoms with Crippen LogP contribution in [0, 0.1) is 0 Å². The topological polar surface area (TPSA) is 49.8 Å². The van der Waals surface area contributed by atoms with Crippen LogP contribution < -0.4 is 10.6 Å². The molecule has 4 heteroatoms. The number of aromatic nitrogens is 2. The van der Waals surface area contributed by atoms with E-state index < -0.39 is 0 Å². The molecule has 1 rings (SSSR count). The molecule has 0 saturated heterocycles. The molecule has 0 aliphatic carbocycles. The van der Waals surface area contributed by atoms with Gasteiger partial charge in [0.1, 0.15) is 5.82 Å². The minimum absolute atomic E-state index is 0.0105. The first-order valence-corrected chi connectivity index (χ1v) is 5.36. The van der Waals surface area contributed by atoms with Crippen LogP contribution in [-0.2, 0) is 0 Å². The Morgan fingerprint density at radius 2 is 2.07 bits per heavy atom. The van der Waals surface area contributed by atoms with E-state index in [9.17, 15) is 0 Å². The lowest BCUT2D eigenvalue weighted by molar-refractivity contribution is 0.626. The van der Waals surface area contributed by atoms with Crippen LogP contribution in [0.25, 0.3) is 0 Å². The highest BCUT2D eigenvalue weighted by Gasteiger charge is 2.10. The molecule has 2 N–H and O–H groups in total. The third kappa shape index (κ3) is 4.63. The SMILES string of the molecule is CCCNc1ccnc(NC(C)(C)C)n1. The molecule has 0 atom stereocenters. The molecular formula is C11H20N4. The average Bonchev–Trinajstić information content (AvgIpc) is 2.12. The van der Waals surface area contributed by atoms with E-state index >= 15 is 0 Å². The Balaban J connectivity index is 2.66. The number of hydrogen-bond acceptors (Lipinski definition) is 4. The predicted octanol–water partition coefficient (Wildman–Crippen LogP) is 2.51. The van der Waals surface area contributed by atoms with Gasteiger partial charge >= 0.3 is 0 Å². The van der Waals surface area contributed by atoms with Crippen LogP contribution in [-0.4, -0.2) is 22.1 Å². The molecule has 0 amide bonds. The average molecular weight is 208 g/mol. The van der Waals surface area contributed by atoms with E-state index in [2.05, 4.69) is 48.3 Å². The van der Waals surface area contributed by atoms with Crippen LogP contribution in [0.5, 0.6) is 0 Å². The molecule has 0 bridgehead atoms. The van der Waals surface area contributed by atoms with E-state index in [0.29, 0.717) is 5.95 Å². The predicted molar refractivity (Wildman–Crippen MR) is 64.2 cm³/mol. The Labute approximate surface area is 91.5 Å². The molecule has 0 saturated carbocycles. The van der Waals surface area contributed by atoms with E-state index in [1.807, 2.05) is 6.07 Å². The molecular weight excluding hydrogens is 188 g/mol. The quantitative estimate of drug-likeness (QED) is 0.798. The molecule has 0 aliphatic rings. The molecule has 0 aromatic carbocycles. The van der Waals surface area contributed by atoms with Crippen LogP contribution in [0.15, 0.2) is 12.3 Å². The zero-order valence-corrected chi connectivity index (χ0v) is 9.96. The first-order chi connectivity index (χ1) is 7.01. The van der Waals surface area contributed by atoms with Crippen LogP contribution in [0.2, 0.25) is 0 Å². The second-order valence-corrected chi connectivity index (χ2v) is 4.57. The molecule has 1 aromatic rings. The van der Waals surface area contributed by atoms with Crippen molar-refractivity contribution in [3.8, 4) is 0 Å². The van der Waals surface area contributed by atoms with E-state index in [1.165, 1.54) is 0 Å². The Hall–Kier alpha value is -1.32. The first-order valence-electron chi connectivity index (χ1n) is 5.36. The van der Waals surface area contributed by atoms with Gasteiger partial charge in [-0.2, -0.15) is 4.98 Å². The fourth-order valence-corrected chi connectivity index (χ4v) is 1.11. The molecule has 0 radical (unpaired) electrons. The lowest BCUT2D eigenvalue weighted by Gasteiger charge is -2.20. The van der Waals surface area contributed by atoms with Gasteiger partial charge in [0.15, 0.2) is 0 Å². The summed E-state index contributed by atoms with van der Waals surface area (Å²) in [7, 11) is 0. The van der Waals surface area contributed by atoms with E-state index in [4.69, 9.17) is 0 Å². The van der Waals surface area contributed by atoms with Crippen molar-refractivity contribution in [3.05, 3.63) is 12.3 Å². The van der Waals surface area contributed by atoms with Gasteiger partial charge in [-0.25, -0.2) is 4.98 Å². The van der Waals surface area contributed by atoms with Crippen molar-refractivity contribution < 1.29 is 0 Å². The number of nitrogens with one attached hydrogen (secondary N) is 2. The van der Waals surface area contributed by atoms with Crippen molar-refractivity contribution in [2.45, 2.75) is 39.7 Å². The van der Waals surface area contributed by atoms with Crippen LogP contribution in [0.3, 0.4) is 0 Å². The highest BCUT2D eigenvalue weighted by atomic mass is 15.2. The maximum atomic E-state index is 4.36. The molecule has 84 valence electrons. The van der Waals surface area contributed by atoms with Gasteiger partial charge in [-0.3, -0.25) is 0 Å². The number of nitrogens with zero attached hydrogens (tertiary/aromatic N) is 2. The lowest BCUT2D eigenvalue weighted by Crippen LogP contribution is -2.27. The second kappa shape index (κ2) is 4.96. The molecule has 1 heterocycles. The normalized spacial score (nSPS) is 11.2. The minimum atomic E-state index is -0.0105. The summed E-state index contributed by atoms with van der Waals surface area (Å²) < 4.78 is 0. The molecule has 4 nitrogen and oxygen atoms in total. The zero-order chi connectivity index (χ0) is 11.3. The molecule has 15 heavy (non-hydrogen) atoms. The minimum Gasteiger partial charge on any atom is -0.370 e. The number of hydrogen-bond donors (Lipinski definition) is 2. The highest BCUT2D eigenvalue weighted by molar-refractivity contribution is 5.40. The molecule has 0 fully saturated rings. The summed E-state index contributed by atoms with van der Waals surface area (Å²) in [4.78, 5) is 8.53. The number of rotatable bonds is 4. The summed E-state index contributed by atoms with van der Waals surface area (Å²) in [6.45, 7) is 9.32. The summed E-state index contributed by atoms with van der Waals surface area (Å²) >= 11 is 0. The second-order valence-electron chi connectivity index (χ2n) is 4.57. The van der Waals surface area contributed by atoms with Crippen molar-refractivity contribution in [3.63, 3.8) is 0 Å². The molecule has 0 spiro atoms. The molecule has 0 aliphatic heterocycles. The smallest absolute Gasteiger partial charge is 0.224 e. The van der Waals surface area contributed by atoms with Crippen molar-refractivity contribution in [1.29, 1.82) is 0 Å². The Kier molecular flexibility index (Phi) is 3.88. The summed E-state index contributed by atoms with van der Waals surface area (Å²) in [6.07, 6.45) is 2.85. The fourth-order valence-electron chi connectivity index (χ4n) is 1.11. The van der Waals surface area contributed by atoms with Crippen LogP contribution >= 0.6 is 0 Å². The number of anilines is 2. The standard InChI is InChI=1S/C11H20N4/c1-5-7-12-9-6-8-13-10(14-9)15-11(2,3)4/h6,8H,5,7H2,1-4H3,(H2,12,13,14,15). The van der Waals surface area contributed by atoms with Gasteiger partial charge < -0.3 is 10.6 Å². The Bertz CT molecular complexity index is 304. The van der Waals surface area contributed by atoms with E-state index in [-0.39, 0.29) is 5.54 Å². The lowest BCUT2D eigenvalue weighted by atomic mass is 10.1. The zero-order valence-electron chi connectivity index (χ0n) is 9.96. The largest absolute Gasteiger partial charge is 0.370 e. The maximum absolute atomic E-state index is 4.36. The highest BCUT2D eigenvalue weighted by Crippen LogP contribution is 2.11. The van der Waals surface area contributed by atoms with E-state index in [0.717, 1.165) is 18.8 Å². The van der Waals surface area contributed by atoms with Crippen molar-refractivity contribution >= 4 is 11.8 Å². The van der Waals surface area contributed by atoms with Crippen molar-refractivity contribution in [1.82, 2.24) is 9.97 Å². The van der Waals surface area contributed by atoms with Gasteiger partial charge in [0.05, 0.1) is 0 Å². The van der Waals surface area contributed by atoms with Crippen molar-refractivity contribution in [2.24, 2.45) is 0 Å². The van der Waals surface area contributed by atoms with Gasteiger partial charge in [-0.15, -0.1) is 0 Å². The van der Waals surface area contributed by atoms with Gasteiger partial charge in [0, 0.05) is 18.3 Å².